The molecular formula is C17H27NO2. The van der Waals surface area contributed by atoms with Crippen LogP contribution in [0.2, 0.25) is 0 Å². The standard InChI is InChI=1S/C17H27NO2/c1-2-3-18(4-5-19)16(20)12-17-9-13-6-14(10-17)8-15(7-13)11-17/h2,13-15,19H,1,3-12H2. The number of carbonyl (C=O) groups excluding carboxylic acids is 1. The van der Waals surface area contributed by atoms with Gasteiger partial charge in [-0.3, -0.25) is 4.79 Å². The fraction of sp³-hybridized carbons (Fsp3) is 0.824. The first kappa shape index (κ1) is 14.1. The average molecular weight is 277 g/mol. The van der Waals surface area contributed by atoms with Gasteiger partial charge in [-0.05, 0) is 61.7 Å². The van der Waals surface area contributed by atoms with Crippen LogP contribution in [0.3, 0.4) is 0 Å². The molecule has 4 aliphatic carbocycles. The Morgan fingerprint density at radius 3 is 2.20 bits per heavy atom. The maximum Gasteiger partial charge on any atom is 0.223 e. The maximum atomic E-state index is 12.6. The molecule has 0 aromatic rings. The van der Waals surface area contributed by atoms with Crippen LogP contribution in [0, 0.1) is 23.2 Å². The predicted octanol–water partition coefficient (Wildman–Crippen LogP) is 2.60. The molecule has 0 spiro atoms. The Morgan fingerprint density at radius 1 is 1.20 bits per heavy atom. The molecule has 0 aromatic heterocycles. The zero-order valence-corrected chi connectivity index (χ0v) is 12.4. The fourth-order valence-electron chi connectivity index (χ4n) is 5.53. The van der Waals surface area contributed by atoms with Crippen molar-refractivity contribution in [3.05, 3.63) is 12.7 Å². The van der Waals surface area contributed by atoms with Crippen LogP contribution in [0.25, 0.3) is 0 Å². The Kier molecular flexibility index (Phi) is 3.89. The first-order valence-electron chi connectivity index (χ1n) is 8.13. The van der Waals surface area contributed by atoms with Gasteiger partial charge in [0.15, 0.2) is 0 Å². The number of rotatable bonds is 6. The van der Waals surface area contributed by atoms with Crippen LogP contribution >= 0.6 is 0 Å². The zero-order valence-electron chi connectivity index (χ0n) is 12.4. The summed E-state index contributed by atoms with van der Waals surface area (Å²) in [6.45, 7) is 4.76. The normalized spacial score (nSPS) is 38.0. The Balaban J connectivity index is 1.67. The number of aliphatic hydroxyl groups is 1. The number of aliphatic hydroxyl groups excluding tert-OH is 1. The van der Waals surface area contributed by atoms with Crippen LogP contribution in [-0.2, 0) is 4.79 Å². The second kappa shape index (κ2) is 5.51. The highest BCUT2D eigenvalue weighted by Gasteiger charge is 2.51. The molecule has 0 saturated heterocycles. The van der Waals surface area contributed by atoms with Gasteiger partial charge in [0, 0.05) is 19.5 Å². The van der Waals surface area contributed by atoms with Crippen LogP contribution in [-0.4, -0.2) is 35.6 Å². The molecule has 3 nitrogen and oxygen atoms in total. The SMILES string of the molecule is C=CCN(CCO)C(=O)CC12CC3CC(CC(C3)C1)C2. The highest BCUT2D eigenvalue weighted by Crippen LogP contribution is 2.61. The summed E-state index contributed by atoms with van der Waals surface area (Å²) in [5, 5.41) is 9.11. The van der Waals surface area contributed by atoms with E-state index in [1.807, 2.05) is 0 Å². The predicted molar refractivity (Wildman–Crippen MR) is 79.1 cm³/mol. The van der Waals surface area contributed by atoms with Gasteiger partial charge >= 0.3 is 0 Å². The van der Waals surface area contributed by atoms with Gasteiger partial charge in [0.1, 0.15) is 0 Å². The van der Waals surface area contributed by atoms with Crippen LogP contribution in [0.15, 0.2) is 12.7 Å². The van der Waals surface area contributed by atoms with Crippen LogP contribution in [0.4, 0.5) is 0 Å². The van der Waals surface area contributed by atoms with Crippen LogP contribution < -0.4 is 0 Å². The van der Waals surface area contributed by atoms with Crippen molar-refractivity contribution >= 4 is 5.91 Å². The molecule has 4 fully saturated rings. The third-order valence-corrected chi connectivity index (χ3v) is 5.76. The zero-order chi connectivity index (χ0) is 14.2. The van der Waals surface area contributed by atoms with Crippen molar-refractivity contribution in [2.24, 2.45) is 23.2 Å². The number of amides is 1. The summed E-state index contributed by atoms with van der Waals surface area (Å²) in [5.41, 5.74) is 0.292. The van der Waals surface area contributed by atoms with Gasteiger partial charge in [0.05, 0.1) is 6.61 Å². The Labute approximate surface area is 122 Å². The molecule has 20 heavy (non-hydrogen) atoms. The molecule has 3 heteroatoms. The molecule has 4 rings (SSSR count). The molecule has 0 unspecified atom stereocenters. The molecular weight excluding hydrogens is 250 g/mol. The van der Waals surface area contributed by atoms with Crippen LogP contribution in [0.1, 0.15) is 44.9 Å². The van der Waals surface area contributed by atoms with E-state index in [0.29, 0.717) is 24.9 Å². The summed E-state index contributed by atoms with van der Waals surface area (Å²) in [6.07, 6.45) is 10.5. The minimum atomic E-state index is 0.0421. The van der Waals surface area contributed by atoms with E-state index in [9.17, 15) is 4.79 Å². The lowest BCUT2D eigenvalue weighted by Gasteiger charge is -2.57. The molecule has 4 bridgehead atoms. The molecule has 0 aromatic carbocycles. The van der Waals surface area contributed by atoms with Crippen molar-refractivity contribution in [3.8, 4) is 0 Å². The van der Waals surface area contributed by atoms with Gasteiger partial charge in [0.25, 0.3) is 0 Å². The summed E-state index contributed by atoms with van der Waals surface area (Å²) in [4.78, 5) is 14.3. The van der Waals surface area contributed by atoms with E-state index in [0.717, 1.165) is 17.8 Å². The average Bonchev–Trinajstić information content (AvgIpc) is 2.36. The van der Waals surface area contributed by atoms with Gasteiger partial charge in [-0.25, -0.2) is 0 Å². The molecule has 112 valence electrons. The van der Waals surface area contributed by atoms with Crippen molar-refractivity contribution < 1.29 is 9.90 Å². The Bertz CT molecular complexity index is 355. The smallest absolute Gasteiger partial charge is 0.223 e. The highest BCUT2D eigenvalue weighted by atomic mass is 16.3. The van der Waals surface area contributed by atoms with E-state index < -0.39 is 0 Å². The minimum absolute atomic E-state index is 0.0421. The van der Waals surface area contributed by atoms with Crippen LogP contribution in [0.5, 0.6) is 0 Å². The molecule has 0 aliphatic heterocycles. The van der Waals surface area contributed by atoms with Gasteiger partial charge in [-0.1, -0.05) is 6.08 Å². The fourth-order valence-corrected chi connectivity index (χ4v) is 5.53. The van der Waals surface area contributed by atoms with Gasteiger partial charge in [-0.15, -0.1) is 6.58 Å². The van der Waals surface area contributed by atoms with Crippen molar-refractivity contribution in [1.29, 1.82) is 0 Å². The van der Waals surface area contributed by atoms with E-state index in [1.165, 1.54) is 38.5 Å². The van der Waals surface area contributed by atoms with Crippen molar-refractivity contribution in [1.82, 2.24) is 4.90 Å². The third-order valence-electron chi connectivity index (χ3n) is 5.76. The van der Waals surface area contributed by atoms with Gasteiger partial charge < -0.3 is 10.0 Å². The molecule has 1 N–H and O–H groups in total. The van der Waals surface area contributed by atoms with Gasteiger partial charge in [0.2, 0.25) is 5.91 Å². The molecule has 0 atom stereocenters. The Hall–Kier alpha value is -0.830. The monoisotopic (exact) mass is 277 g/mol. The minimum Gasteiger partial charge on any atom is -0.395 e. The molecule has 0 heterocycles. The summed E-state index contributed by atoms with van der Waals surface area (Å²) in [7, 11) is 0. The quantitative estimate of drug-likeness (QED) is 0.758. The second-order valence-electron chi connectivity index (χ2n) is 7.45. The van der Waals surface area contributed by atoms with Crippen molar-refractivity contribution in [3.63, 3.8) is 0 Å². The lowest BCUT2D eigenvalue weighted by atomic mass is 9.49. The number of nitrogens with zero attached hydrogens (tertiary/aromatic N) is 1. The molecule has 0 radical (unpaired) electrons. The Morgan fingerprint density at radius 2 is 1.75 bits per heavy atom. The lowest BCUT2D eigenvalue weighted by molar-refractivity contribution is -0.139. The first-order chi connectivity index (χ1) is 9.64. The van der Waals surface area contributed by atoms with Gasteiger partial charge in [-0.2, -0.15) is 0 Å². The molecule has 1 amide bonds. The van der Waals surface area contributed by atoms with E-state index in [1.54, 1.807) is 11.0 Å². The van der Waals surface area contributed by atoms with E-state index >= 15 is 0 Å². The van der Waals surface area contributed by atoms with Crippen molar-refractivity contribution in [2.75, 3.05) is 19.7 Å². The van der Waals surface area contributed by atoms with Crippen molar-refractivity contribution in [2.45, 2.75) is 44.9 Å². The summed E-state index contributed by atoms with van der Waals surface area (Å²) < 4.78 is 0. The lowest BCUT2D eigenvalue weighted by Crippen LogP contribution is -2.48. The number of carbonyl (C=O) groups is 1. The number of hydrogen-bond donors (Lipinski definition) is 1. The first-order valence-corrected chi connectivity index (χ1v) is 8.13. The summed E-state index contributed by atoms with van der Waals surface area (Å²) in [5.74, 6) is 2.89. The summed E-state index contributed by atoms with van der Waals surface area (Å²) >= 11 is 0. The van der Waals surface area contributed by atoms with E-state index in [2.05, 4.69) is 6.58 Å². The summed E-state index contributed by atoms with van der Waals surface area (Å²) in [6, 6.07) is 0. The number of hydrogen-bond acceptors (Lipinski definition) is 2. The second-order valence-corrected chi connectivity index (χ2v) is 7.45. The maximum absolute atomic E-state index is 12.6. The topological polar surface area (TPSA) is 40.5 Å². The highest BCUT2D eigenvalue weighted by molar-refractivity contribution is 5.77. The van der Waals surface area contributed by atoms with E-state index in [4.69, 9.17) is 5.11 Å². The van der Waals surface area contributed by atoms with E-state index in [-0.39, 0.29) is 12.5 Å². The molecule has 4 aliphatic rings. The molecule has 4 saturated carbocycles. The largest absolute Gasteiger partial charge is 0.395 e. The third kappa shape index (κ3) is 2.65.